The summed E-state index contributed by atoms with van der Waals surface area (Å²) in [6, 6.07) is 5.42. The van der Waals surface area contributed by atoms with Gasteiger partial charge in [0.2, 0.25) is 0 Å². The SMILES string of the molecule is CNc1cc(C(=O)N2CCCC2)cc2nc(-c3ccoc3)nn12. The highest BCUT2D eigenvalue weighted by atomic mass is 16.3. The lowest BCUT2D eigenvalue weighted by Gasteiger charge is -2.16. The maximum atomic E-state index is 12.6. The predicted molar refractivity (Wildman–Crippen MR) is 85.4 cm³/mol. The zero-order valence-corrected chi connectivity index (χ0v) is 12.8. The minimum absolute atomic E-state index is 0.0503. The molecular weight excluding hydrogens is 294 g/mol. The number of pyridine rings is 1. The van der Waals surface area contributed by atoms with Crippen LogP contribution >= 0.6 is 0 Å². The van der Waals surface area contributed by atoms with Crippen LogP contribution in [0.15, 0.2) is 35.1 Å². The van der Waals surface area contributed by atoms with Crippen LogP contribution in [0.3, 0.4) is 0 Å². The molecule has 1 saturated heterocycles. The van der Waals surface area contributed by atoms with Crippen molar-refractivity contribution in [3.63, 3.8) is 0 Å². The quantitative estimate of drug-likeness (QED) is 0.803. The molecule has 4 heterocycles. The summed E-state index contributed by atoms with van der Waals surface area (Å²) < 4.78 is 6.78. The second-order valence-electron chi connectivity index (χ2n) is 5.60. The molecule has 4 rings (SSSR count). The number of carbonyl (C=O) groups is 1. The van der Waals surface area contributed by atoms with E-state index in [-0.39, 0.29) is 5.91 Å². The molecule has 1 fully saturated rings. The Kier molecular flexibility index (Phi) is 3.25. The maximum Gasteiger partial charge on any atom is 0.254 e. The Hall–Kier alpha value is -2.83. The summed E-state index contributed by atoms with van der Waals surface area (Å²) in [4.78, 5) is 19.0. The molecule has 0 unspecified atom stereocenters. The molecule has 0 saturated carbocycles. The lowest BCUT2D eigenvalue weighted by molar-refractivity contribution is 0.0793. The van der Waals surface area contributed by atoms with Crippen molar-refractivity contribution < 1.29 is 9.21 Å². The number of likely N-dealkylation sites (tertiary alicyclic amines) is 1. The number of hydrogen-bond acceptors (Lipinski definition) is 5. The second-order valence-corrected chi connectivity index (χ2v) is 5.60. The Morgan fingerprint density at radius 1 is 1.30 bits per heavy atom. The molecule has 3 aromatic heterocycles. The van der Waals surface area contributed by atoms with Gasteiger partial charge in [0.25, 0.3) is 5.91 Å². The van der Waals surface area contributed by atoms with E-state index in [0.717, 1.165) is 37.3 Å². The molecule has 3 aromatic rings. The van der Waals surface area contributed by atoms with E-state index >= 15 is 0 Å². The summed E-state index contributed by atoms with van der Waals surface area (Å²) in [6.07, 6.45) is 5.33. The first-order valence-corrected chi connectivity index (χ1v) is 7.67. The number of fused-ring (bicyclic) bond motifs is 1. The molecule has 0 radical (unpaired) electrons. The Bertz CT molecular complexity index is 847. The number of furan rings is 1. The number of aromatic nitrogens is 3. The monoisotopic (exact) mass is 311 g/mol. The van der Waals surface area contributed by atoms with Crippen LogP contribution in [0, 0.1) is 0 Å². The van der Waals surface area contributed by atoms with Gasteiger partial charge in [0, 0.05) is 25.7 Å². The third-order valence-corrected chi connectivity index (χ3v) is 4.11. The normalized spacial score (nSPS) is 14.6. The van der Waals surface area contributed by atoms with E-state index in [4.69, 9.17) is 4.42 Å². The van der Waals surface area contributed by atoms with Crippen LogP contribution in [0.4, 0.5) is 5.82 Å². The molecule has 0 bridgehead atoms. The van der Waals surface area contributed by atoms with E-state index < -0.39 is 0 Å². The van der Waals surface area contributed by atoms with Crippen molar-refractivity contribution in [1.82, 2.24) is 19.5 Å². The Balaban J connectivity index is 1.79. The molecule has 23 heavy (non-hydrogen) atoms. The zero-order valence-electron chi connectivity index (χ0n) is 12.8. The van der Waals surface area contributed by atoms with E-state index in [0.29, 0.717) is 17.0 Å². The molecule has 0 aliphatic carbocycles. The first-order valence-electron chi connectivity index (χ1n) is 7.67. The number of rotatable bonds is 3. The van der Waals surface area contributed by atoms with Crippen molar-refractivity contribution in [2.75, 3.05) is 25.5 Å². The van der Waals surface area contributed by atoms with Crippen LogP contribution in [0.2, 0.25) is 0 Å². The van der Waals surface area contributed by atoms with E-state index in [2.05, 4.69) is 15.4 Å². The molecule has 7 heteroatoms. The molecule has 1 aliphatic rings. The summed E-state index contributed by atoms with van der Waals surface area (Å²) in [5.41, 5.74) is 2.08. The minimum Gasteiger partial charge on any atom is -0.472 e. The van der Waals surface area contributed by atoms with Crippen molar-refractivity contribution in [3.8, 4) is 11.4 Å². The van der Waals surface area contributed by atoms with Crippen molar-refractivity contribution in [2.24, 2.45) is 0 Å². The standard InChI is InChI=1S/C16H17N5O2/c1-17-13-8-12(16(22)20-5-2-3-6-20)9-14-18-15(19-21(13)14)11-4-7-23-10-11/h4,7-10,17H,2-3,5-6H2,1H3. The number of nitrogens with zero attached hydrogens (tertiary/aromatic N) is 4. The van der Waals surface area contributed by atoms with Gasteiger partial charge in [-0.2, -0.15) is 4.52 Å². The van der Waals surface area contributed by atoms with Gasteiger partial charge >= 0.3 is 0 Å². The fourth-order valence-electron chi connectivity index (χ4n) is 2.90. The van der Waals surface area contributed by atoms with Crippen molar-refractivity contribution in [2.45, 2.75) is 12.8 Å². The third-order valence-electron chi connectivity index (χ3n) is 4.11. The van der Waals surface area contributed by atoms with Gasteiger partial charge in [-0.15, -0.1) is 5.10 Å². The average Bonchev–Trinajstić information content (AvgIpc) is 3.33. The molecule has 1 amide bonds. The van der Waals surface area contributed by atoms with E-state index in [1.54, 1.807) is 30.2 Å². The smallest absolute Gasteiger partial charge is 0.254 e. The van der Waals surface area contributed by atoms with E-state index in [9.17, 15) is 4.79 Å². The number of hydrogen-bond donors (Lipinski definition) is 1. The van der Waals surface area contributed by atoms with Crippen LogP contribution < -0.4 is 5.32 Å². The predicted octanol–water partition coefficient (Wildman–Crippen LogP) is 2.27. The Morgan fingerprint density at radius 3 is 2.83 bits per heavy atom. The van der Waals surface area contributed by atoms with Gasteiger partial charge in [0.15, 0.2) is 11.5 Å². The van der Waals surface area contributed by atoms with Gasteiger partial charge in [-0.05, 0) is 31.0 Å². The van der Waals surface area contributed by atoms with Gasteiger partial charge < -0.3 is 14.6 Å². The summed E-state index contributed by atoms with van der Waals surface area (Å²) in [7, 11) is 1.80. The Labute approximate surface area is 132 Å². The summed E-state index contributed by atoms with van der Waals surface area (Å²) in [5, 5.41) is 7.56. The fraction of sp³-hybridized carbons (Fsp3) is 0.312. The first kappa shape index (κ1) is 13.8. The lowest BCUT2D eigenvalue weighted by atomic mass is 10.2. The van der Waals surface area contributed by atoms with Gasteiger partial charge in [0.1, 0.15) is 12.1 Å². The fourth-order valence-corrected chi connectivity index (χ4v) is 2.90. The highest BCUT2D eigenvalue weighted by molar-refractivity contribution is 5.96. The minimum atomic E-state index is 0.0503. The van der Waals surface area contributed by atoms with Crippen molar-refractivity contribution >= 4 is 17.4 Å². The number of nitrogens with one attached hydrogen (secondary N) is 1. The van der Waals surface area contributed by atoms with Gasteiger partial charge in [0.05, 0.1) is 11.8 Å². The maximum absolute atomic E-state index is 12.6. The highest BCUT2D eigenvalue weighted by Gasteiger charge is 2.21. The summed E-state index contributed by atoms with van der Waals surface area (Å²) in [6.45, 7) is 1.65. The average molecular weight is 311 g/mol. The molecule has 0 aromatic carbocycles. The van der Waals surface area contributed by atoms with Crippen molar-refractivity contribution in [3.05, 3.63) is 36.3 Å². The van der Waals surface area contributed by atoms with Crippen LogP contribution in [0.25, 0.3) is 17.0 Å². The van der Waals surface area contributed by atoms with Crippen LogP contribution in [-0.2, 0) is 0 Å². The first-order chi connectivity index (χ1) is 11.3. The summed E-state index contributed by atoms with van der Waals surface area (Å²) >= 11 is 0. The number of anilines is 1. The van der Waals surface area contributed by atoms with Gasteiger partial charge in [-0.3, -0.25) is 4.79 Å². The molecule has 1 aliphatic heterocycles. The van der Waals surface area contributed by atoms with E-state index in [1.807, 2.05) is 17.0 Å². The van der Waals surface area contributed by atoms with Gasteiger partial charge in [-0.25, -0.2) is 4.98 Å². The topological polar surface area (TPSA) is 75.7 Å². The molecule has 0 spiro atoms. The zero-order chi connectivity index (χ0) is 15.8. The van der Waals surface area contributed by atoms with Crippen LogP contribution in [0.5, 0.6) is 0 Å². The highest BCUT2D eigenvalue weighted by Crippen LogP contribution is 2.22. The lowest BCUT2D eigenvalue weighted by Crippen LogP contribution is -2.27. The second kappa shape index (κ2) is 5.42. The van der Waals surface area contributed by atoms with E-state index in [1.165, 1.54) is 0 Å². The molecule has 7 nitrogen and oxygen atoms in total. The van der Waals surface area contributed by atoms with Crippen molar-refractivity contribution in [1.29, 1.82) is 0 Å². The summed E-state index contributed by atoms with van der Waals surface area (Å²) in [5.74, 6) is 1.35. The Morgan fingerprint density at radius 2 is 2.13 bits per heavy atom. The number of carbonyl (C=O) groups excluding carboxylic acids is 1. The molecule has 1 N–H and O–H groups in total. The molecule has 0 atom stereocenters. The molecular formula is C16H17N5O2. The third kappa shape index (κ3) is 2.34. The van der Waals surface area contributed by atoms with Gasteiger partial charge in [-0.1, -0.05) is 0 Å². The molecule has 118 valence electrons. The number of amides is 1. The van der Waals surface area contributed by atoms with Crippen LogP contribution in [0.1, 0.15) is 23.2 Å². The largest absolute Gasteiger partial charge is 0.472 e. The van der Waals surface area contributed by atoms with Crippen LogP contribution in [-0.4, -0.2) is 45.5 Å².